The summed E-state index contributed by atoms with van der Waals surface area (Å²) in [4.78, 5) is 0.234. The van der Waals surface area contributed by atoms with Gasteiger partial charge in [-0.1, -0.05) is 36.7 Å². The second kappa shape index (κ2) is 6.92. The number of rotatable bonds is 3. The van der Waals surface area contributed by atoms with E-state index in [9.17, 15) is 8.42 Å². The van der Waals surface area contributed by atoms with E-state index in [0.717, 1.165) is 40.5 Å². The molecule has 0 aliphatic heterocycles. The van der Waals surface area contributed by atoms with Gasteiger partial charge < -0.3 is 4.42 Å². The summed E-state index contributed by atoms with van der Waals surface area (Å²) in [6.45, 7) is 6.84. The van der Waals surface area contributed by atoms with Gasteiger partial charge in [-0.25, -0.2) is 8.42 Å². The van der Waals surface area contributed by atoms with Crippen LogP contribution in [0.15, 0.2) is 56.2 Å². The summed E-state index contributed by atoms with van der Waals surface area (Å²) in [5.74, 6) is 1.63. The summed E-state index contributed by atoms with van der Waals surface area (Å²) in [5, 5.41) is 1.01. The van der Waals surface area contributed by atoms with Crippen LogP contribution < -0.4 is 4.72 Å². The fourth-order valence-corrected chi connectivity index (χ4v) is 5.22. The largest absolute Gasteiger partial charge is 0.461 e. The minimum Gasteiger partial charge on any atom is -0.461 e. The van der Waals surface area contributed by atoms with E-state index in [0.29, 0.717) is 11.6 Å². The Morgan fingerprint density at radius 1 is 1.11 bits per heavy atom. The maximum atomic E-state index is 12.7. The SMILES string of the molecule is CC(C)(C)[C@@H]1CCc2oc3ccc(NS(=O)(=O)c4ccc(Br)cc4)cc3c2C1. The van der Waals surface area contributed by atoms with Crippen LogP contribution in [0.4, 0.5) is 5.69 Å². The Bertz CT molecular complexity index is 1130. The van der Waals surface area contributed by atoms with Gasteiger partial charge in [0.05, 0.1) is 4.90 Å². The first-order chi connectivity index (χ1) is 13.1. The van der Waals surface area contributed by atoms with Gasteiger partial charge in [-0.15, -0.1) is 0 Å². The molecule has 1 aromatic heterocycles. The lowest BCUT2D eigenvalue weighted by atomic mass is 9.71. The lowest BCUT2D eigenvalue weighted by Gasteiger charge is -2.33. The molecule has 4 rings (SSSR count). The summed E-state index contributed by atoms with van der Waals surface area (Å²) in [6.07, 6.45) is 3.03. The van der Waals surface area contributed by atoms with Crippen LogP contribution in [0.25, 0.3) is 11.0 Å². The Balaban J connectivity index is 1.68. The molecule has 1 aliphatic carbocycles. The molecule has 1 atom stereocenters. The molecule has 0 saturated heterocycles. The molecule has 1 heterocycles. The zero-order valence-corrected chi connectivity index (χ0v) is 18.7. The number of hydrogen-bond donors (Lipinski definition) is 1. The molecule has 3 aromatic rings. The highest BCUT2D eigenvalue weighted by molar-refractivity contribution is 9.10. The van der Waals surface area contributed by atoms with Crippen LogP contribution in [0.5, 0.6) is 0 Å². The molecule has 0 bridgehead atoms. The minimum absolute atomic E-state index is 0.234. The highest BCUT2D eigenvalue weighted by Gasteiger charge is 2.31. The van der Waals surface area contributed by atoms with E-state index < -0.39 is 10.0 Å². The molecule has 1 aliphatic rings. The fourth-order valence-electron chi connectivity index (χ4n) is 3.91. The summed E-state index contributed by atoms with van der Waals surface area (Å²) in [5.41, 5.74) is 2.84. The maximum Gasteiger partial charge on any atom is 0.261 e. The quantitative estimate of drug-likeness (QED) is 0.508. The van der Waals surface area contributed by atoms with Crippen LogP contribution in [-0.2, 0) is 22.9 Å². The Hall–Kier alpha value is -1.79. The summed E-state index contributed by atoms with van der Waals surface area (Å²) >= 11 is 3.33. The van der Waals surface area contributed by atoms with E-state index in [-0.39, 0.29) is 10.3 Å². The van der Waals surface area contributed by atoms with Crippen molar-refractivity contribution in [2.24, 2.45) is 11.3 Å². The predicted octanol–water partition coefficient (Wildman–Crippen LogP) is 6.15. The van der Waals surface area contributed by atoms with Crippen LogP contribution >= 0.6 is 15.9 Å². The van der Waals surface area contributed by atoms with E-state index in [4.69, 9.17) is 4.42 Å². The first-order valence-corrected chi connectivity index (χ1v) is 11.7. The van der Waals surface area contributed by atoms with Crippen molar-refractivity contribution >= 4 is 42.6 Å². The van der Waals surface area contributed by atoms with Gasteiger partial charge in [-0.05, 0) is 66.6 Å². The third-order valence-corrected chi connectivity index (χ3v) is 7.57. The topological polar surface area (TPSA) is 59.3 Å². The third kappa shape index (κ3) is 3.72. The number of anilines is 1. The second-order valence-electron chi connectivity index (χ2n) is 8.58. The third-order valence-electron chi connectivity index (χ3n) is 5.65. The molecule has 1 N–H and O–H groups in total. The van der Waals surface area contributed by atoms with E-state index in [1.54, 1.807) is 30.3 Å². The van der Waals surface area contributed by atoms with Crippen LogP contribution in [0.3, 0.4) is 0 Å². The Morgan fingerprint density at radius 2 is 1.82 bits per heavy atom. The number of furan rings is 1. The van der Waals surface area contributed by atoms with Crippen molar-refractivity contribution in [1.29, 1.82) is 0 Å². The molecule has 6 heteroatoms. The number of aryl methyl sites for hydroxylation is 1. The van der Waals surface area contributed by atoms with Gasteiger partial charge in [0.2, 0.25) is 0 Å². The Kier molecular flexibility index (Phi) is 4.82. The number of nitrogens with one attached hydrogen (secondary N) is 1. The first-order valence-electron chi connectivity index (χ1n) is 9.46. The number of hydrogen-bond acceptors (Lipinski definition) is 3. The van der Waals surface area contributed by atoms with Gasteiger partial charge in [-0.3, -0.25) is 4.72 Å². The minimum atomic E-state index is -3.64. The predicted molar refractivity (Wildman–Crippen MR) is 116 cm³/mol. The molecule has 28 heavy (non-hydrogen) atoms. The Morgan fingerprint density at radius 3 is 2.50 bits per heavy atom. The van der Waals surface area contributed by atoms with Crippen molar-refractivity contribution in [3.8, 4) is 0 Å². The van der Waals surface area contributed by atoms with Crippen molar-refractivity contribution < 1.29 is 12.8 Å². The van der Waals surface area contributed by atoms with Crippen molar-refractivity contribution in [2.45, 2.75) is 44.9 Å². The molecule has 0 fully saturated rings. The summed E-state index contributed by atoms with van der Waals surface area (Å²) in [7, 11) is -3.64. The highest BCUT2D eigenvalue weighted by Crippen LogP contribution is 2.41. The van der Waals surface area contributed by atoms with Gasteiger partial charge in [0.15, 0.2) is 0 Å². The molecular weight excluding hydrogens is 438 g/mol. The molecule has 2 aromatic carbocycles. The van der Waals surface area contributed by atoms with E-state index in [2.05, 4.69) is 41.4 Å². The number of fused-ring (bicyclic) bond motifs is 3. The van der Waals surface area contributed by atoms with Crippen molar-refractivity contribution in [1.82, 2.24) is 0 Å². The van der Waals surface area contributed by atoms with Crippen LogP contribution in [0.2, 0.25) is 0 Å². The lowest BCUT2D eigenvalue weighted by Crippen LogP contribution is -2.26. The summed E-state index contributed by atoms with van der Waals surface area (Å²) in [6, 6.07) is 12.1. The zero-order chi connectivity index (χ0) is 20.1. The van der Waals surface area contributed by atoms with Crippen LogP contribution in [0.1, 0.15) is 38.5 Å². The number of halogens is 1. The molecule has 0 saturated carbocycles. The van der Waals surface area contributed by atoms with Gasteiger partial charge in [0.25, 0.3) is 10.0 Å². The van der Waals surface area contributed by atoms with Crippen molar-refractivity contribution in [2.75, 3.05) is 4.72 Å². The van der Waals surface area contributed by atoms with Gasteiger partial charge >= 0.3 is 0 Å². The van der Waals surface area contributed by atoms with E-state index >= 15 is 0 Å². The van der Waals surface area contributed by atoms with Crippen LogP contribution in [0, 0.1) is 11.3 Å². The molecule has 0 amide bonds. The van der Waals surface area contributed by atoms with Gasteiger partial charge in [0.1, 0.15) is 11.3 Å². The lowest BCUT2D eigenvalue weighted by molar-refractivity contribution is 0.210. The monoisotopic (exact) mass is 461 g/mol. The average Bonchev–Trinajstić information content (AvgIpc) is 2.98. The molecule has 4 nitrogen and oxygen atoms in total. The molecule has 0 radical (unpaired) electrons. The maximum absolute atomic E-state index is 12.7. The first kappa shape index (κ1) is 19.5. The zero-order valence-electron chi connectivity index (χ0n) is 16.3. The van der Waals surface area contributed by atoms with Gasteiger partial charge in [-0.2, -0.15) is 0 Å². The highest BCUT2D eigenvalue weighted by atomic mass is 79.9. The normalized spacial score (nSPS) is 17.5. The standard InChI is InChI=1S/C22H24BrNO3S/c1-22(2,3)14-4-10-20-18(12-14)19-13-16(7-11-21(19)27-20)24-28(25,26)17-8-5-15(23)6-9-17/h5-9,11,13-14,24H,4,10,12H2,1-3H3/t14-/m1/s1. The van der Waals surface area contributed by atoms with Crippen molar-refractivity contribution in [3.05, 3.63) is 58.3 Å². The number of benzene rings is 2. The summed E-state index contributed by atoms with van der Waals surface area (Å²) < 4.78 is 35.0. The van der Waals surface area contributed by atoms with Gasteiger partial charge in [0, 0.05) is 27.5 Å². The smallest absolute Gasteiger partial charge is 0.261 e. The Labute approximate surface area is 174 Å². The van der Waals surface area contributed by atoms with Crippen LogP contribution in [-0.4, -0.2) is 8.42 Å². The van der Waals surface area contributed by atoms with E-state index in [1.165, 1.54) is 5.56 Å². The molecule has 0 spiro atoms. The number of sulfonamides is 1. The second-order valence-corrected chi connectivity index (χ2v) is 11.2. The van der Waals surface area contributed by atoms with Crippen molar-refractivity contribution in [3.63, 3.8) is 0 Å². The van der Waals surface area contributed by atoms with E-state index in [1.807, 2.05) is 12.1 Å². The average molecular weight is 462 g/mol. The molecule has 148 valence electrons. The molecule has 0 unspecified atom stereocenters. The fraction of sp³-hybridized carbons (Fsp3) is 0.364. The molecular formula is C22H24BrNO3S.